The van der Waals surface area contributed by atoms with Crippen LogP contribution in [0.4, 0.5) is 4.79 Å². The standard InChI is InChI=1S/C18H27N3O4/c1-12(21-9-13(2)25-14(3)10-21)7-19-18(22)20-8-15-4-5-16-17(6-15)24-11-23-16/h4-6,12-14H,7-11H2,1-3H3,(H2,19,20,22)/t12-,13-,14+/m1/s1. The number of carbonyl (C=O) groups excluding carboxylic acids is 1. The Morgan fingerprint density at radius 2 is 1.92 bits per heavy atom. The molecule has 2 amide bonds. The van der Waals surface area contributed by atoms with Crippen molar-refractivity contribution in [2.45, 2.75) is 45.6 Å². The number of nitrogens with one attached hydrogen (secondary N) is 2. The van der Waals surface area contributed by atoms with Crippen molar-refractivity contribution < 1.29 is 19.0 Å². The summed E-state index contributed by atoms with van der Waals surface area (Å²) >= 11 is 0. The molecule has 0 bridgehead atoms. The number of hydrogen-bond acceptors (Lipinski definition) is 5. The first kappa shape index (κ1) is 17.8. The third-order valence-electron chi connectivity index (χ3n) is 4.52. The SMILES string of the molecule is C[C@@H]1CN([C@H](C)CNC(=O)NCc2ccc3c(c2)OCO3)C[C@H](C)O1. The fourth-order valence-electron chi connectivity index (χ4n) is 3.24. The molecule has 1 aromatic carbocycles. The molecule has 1 fully saturated rings. The summed E-state index contributed by atoms with van der Waals surface area (Å²) in [6, 6.07) is 5.78. The van der Waals surface area contributed by atoms with Crippen LogP contribution >= 0.6 is 0 Å². The monoisotopic (exact) mass is 349 g/mol. The molecule has 0 spiro atoms. The third kappa shape index (κ3) is 4.76. The molecule has 1 saturated heterocycles. The lowest BCUT2D eigenvalue weighted by atomic mass is 10.2. The summed E-state index contributed by atoms with van der Waals surface area (Å²) in [6.45, 7) is 9.39. The largest absolute Gasteiger partial charge is 0.454 e. The molecule has 0 aliphatic carbocycles. The highest BCUT2D eigenvalue weighted by atomic mass is 16.7. The zero-order chi connectivity index (χ0) is 17.8. The van der Waals surface area contributed by atoms with Gasteiger partial charge in [0.1, 0.15) is 0 Å². The van der Waals surface area contributed by atoms with Gasteiger partial charge in [0.15, 0.2) is 11.5 Å². The number of fused-ring (bicyclic) bond motifs is 1. The van der Waals surface area contributed by atoms with Gasteiger partial charge in [-0.15, -0.1) is 0 Å². The lowest BCUT2D eigenvalue weighted by Crippen LogP contribution is -2.52. The van der Waals surface area contributed by atoms with Gasteiger partial charge in [-0.05, 0) is 38.5 Å². The number of carbonyl (C=O) groups is 1. The van der Waals surface area contributed by atoms with Crippen molar-refractivity contribution in [1.29, 1.82) is 0 Å². The van der Waals surface area contributed by atoms with E-state index < -0.39 is 0 Å². The van der Waals surface area contributed by atoms with Crippen molar-refractivity contribution >= 4 is 6.03 Å². The summed E-state index contributed by atoms with van der Waals surface area (Å²) in [6.07, 6.45) is 0.456. The van der Waals surface area contributed by atoms with E-state index in [1.165, 1.54) is 0 Å². The van der Waals surface area contributed by atoms with E-state index in [0.29, 0.717) is 13.1 Å². The molecular formula is C18H27N3O4. The lowest BCUT2D eigenvalue weighted by Gasteiger charge is -2.38. The maximum Gasteiger partial charge on any atom is 0.315 e. The van der Waals surface area contributed by atoms with E-state index in [-0.39, 0.29) is 31.1 Å². The molecule has 2 aliphatic heterocycles. The molecule has 7 heteroatoms. The number of urea groups is 1. The number of amides is 2. The zero-order valence-electron chi connectivity index (χ0n) is 15.1. The van der Waals surface area contributed by atoms with Gasteiger partial charge in [0, 0.05) is 32.2 Å². The number of benzene rings is 1. The van der Waals surface area contributed by atoms with Gasteiger partial charge in [-0.25, -0.2) is 4.79 Å². The van der Waals surface area contributed by atoms with Crippen molar-refractivity contribution in [3.05, 3.63) is 23.8 Å². The average molecular weight is 349 g/mol. The Kier molecular flexibility index (Phi) is 5.65. The van der Waals surface area contributed by atoms with Crippen molar-refractivity contribution in [2.24, 2.45) is 0 Å². The highest BCUT2D eigenvalue weighted by Crippen LogP contribution is 2.32. The second-order valence-corrected chi connectivity index (χ2v) is 6.81. The second kappa shape index (κ2) is 7.93. The molecular weight excluding hydrogens is 322 g/mol. The van der Waals surface area contributed by atoms with Crippen molar-refractivity contribution in [3.8, 4) is 11.5 Å². The molecule has 2 N–H and O–H groups in total. The molecule has 0 radical (unpaired) electrons. The maximum absolute atomic E-state index is 12.0. The van der Waals surface area contributed by atoms with E-state index in [1.54, 1.807) is 0 Å². The summed E-state index contributed by atoms with van der Waals surface area (Å²) in [7, 11) is 0. The van der Waals surface area contributed by atoms with Gasteiger partial charge < -0.3 is 24.8 Å². The summed E-state index contributed by atoms with van der Waals surface area (Å²) in [5, 5.41) is 5.82. The molecule has 0 aromatic heterocycles. The van der Waals surface area contributed by atoms with Crippen molar-refractivity contribution in [1.82, 2.24) is 15.5 Å². The predicted molar refractivity (Wildman–Crippen MR) is 93.8 cm³/mol. The molecule has 2 aliphatic rings. The Morgan fingerprint density at radius 1 is 1.20 bits per heavy atom. The van der Waals surface area contributed by atoms with Crippen LogP contribution < -0.4 is 20.1 Å². The summed E-state index contributed by atoms with van der Waals surface area (Å²) in [5.74, 6) is 1.47. The van der Waals surface area contributed by atoms with Crippen LogP contribution in [0.1, 0.15) is 26.3 Å². The predicted octanol–water partition coefficient (Wildman–Crippen LogP) is 1.71. The van der Waals surface area contributed by atoms with Crippen LogP contribution in [0.5, 0.6) is 11.5 Å². The molecule has 3 atom stereocenters. The van der Waals surface area contributed by atoms with Crippen LogP contribution in [-0.2, 0) is 11.3 Å². The summed E-state index contributed by atoms with van der Waals surface area (Å²) < 4.78 is 16.4. The topological polar surface area (TPSA) is 72.1 Å². The van der Waals surface area contributed by atoms with Crippen LogP contribution in [0.15, 0.2) is 18.2 Å². The minimum atomic E-state index is -0.168. The Balaban J connectivity index is 1.40. The quantitative estimate of drug-likeness (QED) is 0.847. The average Bonchev–Trinajstić information content (AvgIpc) is 3.04. The maximum atomic E-state index is 12.0. The van der Waals surface area contributed by atoms with E-state index in [9.17, 15) is 4.79 Å². The van der Waals surface area contributed by atoms with Crippen LogP contribution in [0.25, 0.3) is 0 Å². The summed E-state index contributed by atoms with van der Waals surface area (Å²) in [4.78, 5) is 14.4. The molecule has 0 saturated carbocycles. The fraction of sp³-hybridized carbons (Fsp3) is 0.611. The highest BCUT2D eigenvalue weighted by molar-refractivity contribution is 5.73. The number of nitrogens with zero attached hydrogens (tertiary/aromatic N) is 1. The molecule has 2 heterocycles. The molecule has 138 valence electrons. The van der Waals surface area contributed by atoms with Crippen molar-refractivity contribution in [2.75, 3.05) is 26.4 Å². The van der Waals surface area contributed by atoms with Gasteiger partial charge in [-0.3, -0.25) is 4.90 Å². The molecule has 25 heavy (non-hydrogen) atoms. The Morgan fingerprint density at radius 3 is 2.68 bits per heavy atom. The van der Waals surface area contributed by atoms with Gasteiger partial charge in [0.2, 0.25) is 6.79 Å². The first-order valence-corrected chi connectivity index (χ1v) is 8.81. The molecule has 3 rings (SSSR count). The van der Waals surface area contributed by atoms with E-state index in [0.717, 1.165) is 30.2 Å². The van der Waals surface area contributed by atoms with Gasteiger partial charge in [0.05, 0.1) is 12.2 Å². The Labute approximate surface area is 148 Å². The minimum absolute atomic E-state index is 0.168. The van der Waals surface area contributed by atoms with Crippen molar-refractivity contribution in [3.63, 3.8) is 0 Å². The number of rotatable bonds is 5. The molecule has 1 aromatic rings. The smallest absolute Gasteiger partial charge is 0.315 e. The third-order valence-corrected chi connectivity index (χ3v) is 4.52. The number of morpholine rings is 1. The molecule has 0 unspecified atom stereocenters. The van der Waals surface area contributed by atoms with Gasteiger partial charge >= 0.3 is 6.03 Å². The van der Waals surface area contributed by atoms with Gasteiger partial charge in [-0.2, -0.15) is 0 Å². The number of hydrogen-bond donors (Lipinski definition) is 2. The number of ether oxygens (including phenoxy) is 3. The van der Waals surface area contributed by atoms with E-state index in [2.05, 4.69) is 36.3 Å². The first-order valence-electron chi connectivity index (χ1n) is 8.81. The van der Waals surface area contributed by atoms with Crippen LogP contribution in [0, 0.1) is 0 Å². The second-order valence-electron chi connectivity index (χ2n) is 6.81. The molecule has 7 nitrogen and oxygen atoms in total. The van der Waals surface area contributed by atoms with E-state index in [1.807, 2.05) is 18.2 Å². The zero-order valence-corrected chi connectivity index (χ0v) is 15.1. The van der Waals surface area contributed by atoms with E-state index in [4.69, 9.17) is 14.2 Å². The van der Waals surface area contributed by atoms with Crippen LogP contribution in [-0.4, -0.2) is 55.6 Å². The lowest BCUT2D eigenvalue weighted by molar-refractivity contribution is -0.0778. The Hall–Kier alpha value is -1.99. The Bertz CT molecular complexity index is 600. The van der Waals surface area contributed by atoms with Gasteiger partial charge in [-0.1, -0.05) is 6.07 Å². The highest BCUT2D eigenvalue weighted by Gasteiger charge is 2.25. The van der Waals surface area contributed by atoms with Gasteiger partial charge in [0.25, 0.3) is 0 Å². The minimum Gasteiger partial charge on any atom is -0.454 e. The van der Waals surface area contributed by atoms with Crippen LogP contribution in [0.3, 0.4) is 0 Å². The van der Waals surface area contributed by atoms with E-state index >= 15 is 0 Å². The normalized spacial score (nSPS) is 24.0. The van der Waals surface area contributed by atoms with Crippen LogP contribution in [0.2, 0.25) is 0 Å². The first-order chi connectivity index (χ1) is 12.0. The fourth-order valence-corrected chi connectivity index (χ4v) is 3.24. The summed E-state index contributed by atoms with van der Waals surface area (Å²) in [5.41, 5.74) is 0.975.